The predicted molar refractivity (Wildman–Crippen MR) is 115 cm³/mol. The van der Waals surface area contributed by atoms with Crippen LogP contribution in [0.15, 0.2) is 47.1 Å². The fourth-order valence-electron chi connectivity index (χ4n) is 2.67. The molecule has 0 saturated heterocycles. The quantitative estimate of drug-likeness (QED) is 0.141. The van der Waals surface area contributed by atoms with Crippen molar-refractivity contribution in [2.75, 3.05) is 6.61 Å². The predicted octanol–water partition coefficient (Wildman–Crippen LogP) is 3.87. The summed E-state index contributed by atoms with van der Waals surface area (Å²) in [5, 5.41) is 11.2. The van der Waals surface area contributed by atoms with Crippen molar-refractivity contribution in [2.24, 2.45) is 4.99 Å². The van der Waals surface area contributed by atoms with Crippen LogP contribution in [0.4, 0.5) is 5.69 Å². The standard InChI is InChI=1S/C20H15IN2O7/c1-3-28-17-10-12(8-14(21)18(17)29-11(2)24)9-15-20(25)30-19(22-15)13-6-4-5-7-16(13)23(26)27/h4-10H,3H2,1-2H3. The first-order valence-corrected chi connectivity index (χ1v) is 9.79. The molecule has 0 fully saturated rings. The summed E-state index contributed by atoms with van der Waals surface area (Å²) in [4.78, 5) is 38.4. The minimum Gasteiger partial charge on any atom is -0.490 e. The van der Waals surface area contributed by atoms with E-state index in [2.05, 4.69) is 4.99 Å². The average molecular weight is 522 g/mol. The maximum Gasteiger partial charge on any atom is 0.363 e. The number of hydrogen-bond acceptors (Lipinski definition) is 8. The molecule has 2 aromatic carbocycles. The number of nitrogens with zero attached hydrogens (tertiary/aromatic N) is 2. The lowest BCUT2D eigenvalue weighted by Gasteiger charge is -2.12. The smallest absolute Gasteiger partial charge is 0.363 e. The molecule has 0 aromatic heterocycles. The van der Waals surface area contributed by atoms with E-state index in [1.165, 1.54) is 31.2 Å². The average Bonchev–Trinajstić information content (AvgIpc) is 3.05. The third-order valence-electron chi connectivity index (χ3n) is 3.83. The Morgan fingerprint density at radius 1 is 1.33 bits per heavy atom. The zero-order valence-corrected chi connectivity index (χ0v) is 18.0. The van der Waals surface area contributed by atoms with E-state index in [9.17, 15) is 19.7 Å². The first-order chi connectivity index (χ1) is 14.3. The number of benzene rings is 2. The van der Waals surface area contributed by atoms with E-state index in [1.807, 2.05) is 22.6 Å². The van der Waals surface area contributed by atoms with E-state index in [0.717, 1.165) is 0 Å². The zero-order valence-electron chi connectivity index (χ0n) is 15.9. The summed E-state index contributed by atoms with van der Waals surface area (Å²) in [6.45, 7) is 3.41. The van der Waals surface area contributed by atoms with Crippen LogP contribution in [0, 0.1) is 13.7 Å². The molecule has 3 rings (SSSR count). The van der Waals surface area contributed by atoms with Crippen LogP contribution in [-0.4, -0.2) is 29.4 Å². The lowest BCUT2D eigenvalue weighted by Crippen LogP contribution is -2.08. The van der Waals surface area contributed by atoms with Gasteiger partial charge in [-0.2, -0.15) is 0 Å². The Hall–Kier alpha value is -3.28. The molecule has 2 aromatic rings. The van der Waals surface area contributed by atoms with Gasteiger partial charge in [-0.1, -0.05) is 12.1 Å². The summed E-state index contributed by atoms with van der Waals surface area (Å²) in [5.74, 6) is -0.751. The molecule has 30 heavy (non-hydrogen) atoms. The zero-order chi connectivity index (χ0) is 21.8. The fraction of sp³-hybridized carbons (Fsp3) is 0.150. The number of hydrogen-bond donors (Lipinski definition) is 0. The summed E-state index contributed by atoms with van der Waals surface area (Å²) in [6.07, 6.45) is 1.46. The van der Waals surface area contributed by atoms with E-state index < -0.39 is 16.9 Å². The van der Waals surface area contributed by atoms with E-state index in [4.69, 9.17) is 14.2 Å². The van der Waals surface area contributed by atoms with Gasteiger partial charge < -0.3 is 14.2 Å². The molecule has 0 bridgehead atoms. The molecule has 0 radical (unpaired) electrons. The van der Waals surface area contributed by atoms with Crippen LogP contribution < -0.4 is 9.47 Å². The minimum atomic E-state index is -0.736. The van der Waals surface area contributed by atoms with Gasteiger partial charge in [-0.05, 0) is 59.4 Å². The van der Waals surface area contributed by atoms with Crippen LogP contribution in [0.5, 0.6) is 11.5 Å². The second kappa shape index (κ2) is 9.03. The number of aliphatic imine (C=N–C) groups is 1. The van der Waals surface area contributed by atoms with Gasteiger partial charge in [-0.3, -0.25) is 14.9 Å². The van der Waals surface area contributed by atoms with E-state index in [1.54, 1.807) is 25.1 Å². The van der Waals surface area contributed by atoms with Gasteiger partial charge in [0.2, 0.25) is 5.90 Å². The Bertz CT molecular complexity index is 1110. The van der Waals surface area contributed by atoms with Gasteiger partial charge in [-0.15, -0.1) is 0 Å². The third kappa shape index (κ3) is 4.64. The molecule has 1 aliphatic heterocycles. The number of esters is 2. The van der Waals surface area contributed by atoms with Gasteiger partial charge >= 0.3 is 11.9 Å². The highest BCUT2D eigenvalue weighted by atomic mass is 127. The number of para-hydroxylation sites is 1. The first kappa shape index (κ1) is 21.4. The molecule has 0 amide bonds. The molecule has 0 N–H and O–H groups in total. The summed E-state index contributed by atoms with van der Waals surface area (Å²) < 4.78 is 16.5. The van der Waals surface area contributed by atoms with Crippen LogP contribution >= 0.6 is 22.6 Å². The number of nitro groups is 1. The largest absolute Gasteiger partial charge is 0.490 e. The number of halogens is 1. The van der Waals surface area contributed by atoms with Gasteiger partial charge in [0, 0.05) is 13.0 Å². The van der Waals surface area contributed by atoms with Crippen molar-refractivity contribution in [2.45, 2.75) is 13.8 Å². The second-order valence-corrected chi connectivity index (χ2v) is 7.13. The van der Waals surface area contributed by atoms with Gasteiger partial charge in [0.25, 0.3) is 5.69 Å². The Balaban J connectivity index is 2.02. The summed E-state index contributed by atoms with van der Waals surface area (Å²) in [5.41, 5.74) is 0.415. The van der Waals surface area contributed by atoms with Crippen molar-refractivity contribution in [1.82, 2.24) is 0 Å². The van der Waals surface area contributed by atoms with E-state index in [0.29, 0.717) is 21.5 Å². The van der Waals surface area contributed by atoms with Crippen molar-refractivity contribution in [3.63, 3.8) is 0 Å². The third-order valence-corrected chi connectivity index (χ3v) is 4.63. The molecule has 0 atom stereocenters. The highest BCUT2D eigenvalue weighted by Gasteiger charge is 2.29. The van der Waals surface area contributed by atoms with Crippen LogP contribution in [0.3, 0.4) is 0 Å². The molecule has 10 heteroatoms. The molecule has 154 valence electrons. The number of carbonyl (C=O) groups excluding carboxylic acids is 2. The number of nitro benzene ring substituents is 1. The summed E-state index contributed by atoms with van der Waals surface area (Å²) in [7, 11) is 0. The van der Waals surface area contributed by atoms with Crippen molar-refractivity contribution in [1.29, 1.82) is 0 Å². The Kier molecular flexibility index (Phi) is 6.45. The summed E-state index contributed by atoms with van der Waals surface area (Å²) >= 11 is 1.99. The number of cyclic esters (lactones) is 1. The highest BCUT2D eigenvalue weighted by Crippen LogP contribution is 2.35. The molecular formula is C20H15IN2O7. The molecule has 9 nitrogen and oxygen atoms in total. The van der Waals surface area contributed by atoms with E-state index >= 15 is 0 Å². The van der Waals surface area contributed by atoms with Crippen molar-refractivity contribution in [3.8, 4) is 11.5 Å². The minimum absolute atomic E-state index is 0.0263. The van der Waals surface area contributed by atoms with Crippen LogP contribution in [0.25, 0.3) is 6.08 Å². The SMILES string of the molecule is CCOc1cc(C=C2N=C(c3ccccc3[N+](=O)[O-])OC2=O)cc(I)c1OC(C)=O. The Morgan fingerprint density at radius 3 is 2.73 bits per heavy atom. The molecular weight excluding hydrogens is 507 g/mol. The maximum atomic E-state index is 12.3. The van der Waals surface area contributed by atoms with Crippen molar-refractivity contribution >= 4 is 52.2 Å². The fourth-order valence-corrected chi connectivity index (χ4v) is 3.41. The second-order valence-electron chi connectivity index (χ2n) is 5.97. The first-order valence-electron chi connectivity index (χ1n) is 8.71. The molecule has 0 aliphatic carbocycles. The number of ether oxygens (including phenoxy) is 3. The molecule has 0 saturated carbocycles. The van der Waals surface area contributed by atoms with Crippen LogP contribution in [-0.2, 0) is 14.3 Å². The molecule has 0 unspecified atom stereocenters. The number of carbonyl (C=O) groups is 2. The topological polar surface area (TPSA) is 117 Å². The summed E-state index contributed by atoms with van der Waals surface area (Å²) in [6, 6.07) is 9.14. The Labute approximate surface area is 184 Å². The van der Waals surface area contributed by atoms with Gasteiger partial charge in [-0.25, -0.2) is 9.79 Å². The van der Waals surface area contributed by atoms with Crippen LogP contribution in [0.1, 0.15) is 25.0 Å². The van der Waals surface area contributed by atoms with Gasteiger partial charge in [0.15, 0.2) is 17.2 Å². The maximum absolute atomic E-state index is 12.3. The van der Waals surface area contributed by atoms with Crippen LogP contribution in [0.2, 0.25) is 0 Å². The Morgan fingerprint density at radius 2 is 2.07 bits per heavy atom. The van der Waals surface area contributed by atoms with Crippen molar-refractivity contribution < 1.29 is 28.7 Å². The van der Waals surface area contributed by atoms with Gasteiger partial charge in [0.05, 0.1) is 15.1 Å². The lowest BCUT2D eigenvalue weighted by molar-refractivity contribution is -0.385. The number of rotatable bonds is 6. The van der Waals surface area contributed by atoms with E-state index in [-0.39, 0.29) is 28.6 Å². The molecule has 1 heterocycles. The normalized spacial score (nSPS) is 14.3. The lowest BCUT2D eigenvalue weighted by atomic mass is 10.1. The molecule has 1 aliphatic rings. The highest BCUT2D eigenvalue weighted by molar-refractivity contribution is 14.1. The van der Waals surface area contributed by atoms with Gasteiger partial charge in [0.1, 0.15) is 5.56 Å². The van der Waals surface area contributed by atoms with Crippen molar-refractivity contribution in [3.05, 3.63) is 66.9 Å². The monoisotopic (exact) mass is 522 g/mol. The molecule has 0 spiro atoms.